The molecule has 0 unspecified atom stereocenters. The average molecular weight is 246 g/mol. The smallest absolute Gasteiger partial charge is 0.240 e. The van der Waals surface area contributed by atoms with Crippen LogP contribution in [0.5, 0.6) is 0 Å². The molecule has 0 aliphatic rings. The second-order valence-electron chi connectivity index (χ2n) is 4.43. The van der Waals surface area contributed by atoms with Gasteiger partial charge in [0.05, 0.1) is 0 Å². The van der Waals surface area contributed by atoms with Gasteiger partial charge in [0, 0.05) is 10.3 Å². The predicted octanol–water partition coefficient (Wildman–Crippen LogP) is 4.30. The fraction of sp³-hybridized carbons (Fsp3) is 0.400. The molecular weight excluding hydrogens is 228 g/mol. The van der Waals surface area contributed by atoms with Crippen LogP contribution in [-0.2, 0) is 6.42 Å². The van der Waals surface area contributed by atoms with Gasteiger partial charge in [0.25, 0.3) is 0 Å². The number of rotatable bonds is 4. The summed E-state index contributed by atoms with van der Waals surface area (Å²) in [5.41, 5.74) is 1.37. The summed E-state index contributed by atoms with van der Waals surface area (Å²) in [4.78, 5) is 13.1. The lowest BCUT2D eigenvalue weighted by atomic mass is 10.0. The number of unbranched alkanes of at least 4 members (excludes halogenated alkanes) is 2. The Morgan fingerprint density at radius 1 is 1.12 bits per heavy atom. The largest absolute Gasteiger partial charge is 0.277 e. The van der Waals surface area contributed by atoms with Crippen LogP contribution < -0.4 is 4.74 Å². The van der Waals surface area contributed by atoms with Gasteiger partial charge in [-0.3, -0.25) is 4.79 Å². The maximum Gasteiger partial charge on any atom is 0.240 e. The van der Waals surface area contributed by atoms with E-state index in [0.29, 0.717) is 0 Å². The van der Waals surface area contributed by atoms with Gasteiger partial charge in [-0.05, 0) is 36.8 Å². The minimum Gasteiger partial charge on any atom is -0.277 e. The molecule has 1 heterocycles. The van der Waals surface area contributed by atoms with Gasteiger partial charge in [0.1, 0.15) is 0 Å². The summed E-state index contributed by atoms with van der Waals surface area (Å²) in [7, 11) is 0. The van der Waals surface area contributed by atoms with Crippen molar-refractivity contribution in [3.63, 3.8) is 0 Å². The fourth-order valence-corrected chi connectivity index (χ4v) is 3.13. The van der Waals surface area contributed by atoms with Crippen molar-refractivity contribution in [2.24, 2.45) is 0 Å². The quantitative estimate of drug-likeness (QED) is 0.735. The van der Waals surface area contributed by atoms with Crippen LogP contribution in [0.2, 0.25) is 0 Å². The number of benzene rings is 1. The van der Waals surface area contributed by atoms with Crippen LogP contribution in [0.3, 0.4) is 0 Å². The Labute approximate surface area is 106 Å². The molecular formula is C15H18OS. The van der Waals surface area contributed by atoms with Crippen LogP contribution in [0, 0.1) is 6.92 Å². The molecule has 0 fully saturated rings. The zero-order chi connectivity index (χ0) is 12.3. The molecule has 0 aliphatic heterocycles. The number of aryl methyl sites for hydroxylation is 2. The molecule has 0 atom stereocenters. The number of hydrogen-bond acceptors (Lipinski definition) is 2. The molecule has 0 amide bonds. The Kier molecular flexibility index (Phi) is 3.95. The summed E-state index contributed by atoms with van der Waals surface area (Å²) in [5.74, 6) is 0. The molecule has 2 aromatic rings. The van der Waals surface area contributed by atoms with E-state index in [1.807, 2.05) is 18.2 Å². The lowest BCUT2D eigenvalue weighted by Gasteiger charge is -2.08. The van der Waals surface area contributed by atoms with Crippen LogP contribution in [0.25, 0.3) is 10.8 Å². The van der Waals surface area contributed by atoms with Gasteiger partial charge in [0.15, 0.2) is 0 Å². The SMILES string of the molecule is CCCCCc1c(C)sc(=O)c2ccccc12. The van der Waals surface area contributed by atoms with Crippen molar-refractivity contribution < 1.29 is 0 Å². The van der Waals surface area contributed by atoms with Crippen molar-refractivity contribution in [2.45, 2.75) is 39.5 Å². The van der Waals surface area contributed by atoms with E-state index >= 15 is 0 Å². The summed E-state index contributed by atoms with van der Waals surface area (Å²) in [6.07, 6.45) is 4.81. The first kappa shape index (κ1) is 12.3. The molecule has 0 spiro atoms. The molecule has 0 radical (unpaired) electrons. The van der Waals surface area contributed by atoms with Crippen molar-refractivity contribution in [3.05, 3.63) is 44.2 Å². The van der Waals surface area contributed by atoms with E-state index in [1.165, 1.54) is 41.0 Å². The van der Waals surface area contributed by atoms with Crippen LogP contribution in [0.4, 0.5) is 0 Å². The number of hydrogen-bond donors (Lipinski definition) is 0. The third-order valence-corrected chi connectivity index (χ3v) is 4.13. The highest BCUT2D eigenvalue weighted by molar-refractivity contribution is 7.09. The van der Waals surface area contributed by atoms with Crippen molar-refractivity contribution in [1.82, 2.24) is 0 Å². The van der Waals surface area contributed by atoms with E-state index in [9.17, 15) is 4.79 Å². The highest BCUT2D eigenvalue weighted by atomic mass is 32.1. The van der Waals surface area contributed by atoms with E-state index in [-0.39, 0.29) is 4.74 Å². The Morgan fingerprint density at radius 2 is 1.82 bits per heavy atom. The maximum absolute atomic E-state index is 11.9. The van der Waals surface area contributed by atoms with Gasteiger partial charge in [0.2, 0.25) is 4.74 Å². The first-order chi connectivity index (χ1) is 8.24. The molecule has 2 rings (SSSR count). The minimum atomic E-state index is 0.192. The van der Waals surface area contributed by atoms with E-state index < -0.39 is 0 Å². The van der Waals surface area contributed by atoms with Gasteiger partial charge in [-0.15, -0.1) is 0 Å². The average Bonchev–Trinajstić information content (AvgIpc) is 2.33. The normalized spacial score (nSPS) is 10.9. The summed E-state index contributed by atoms with van der Waals surface area (Å²) in [6.45, 7) is 4.29. The monoisotopic (exact) mass is 246 g/mol. The highest BCUT2D eigenvalue weighted by Gasteiger charge is 2.08. The molecule has 0 bridgehead atoms. The summed E-state index contributed by atoms with van der Waals surface area (Å²) >= 11 is 1.39. The lowest BCUT2D eigenvalue weighted by molar-refractivity contribution is 0.719. The molecule has 17 heavy (non-hydrogen) atoms. The Morgan fingerprint density at radius 3 is 2.53 bits per heavy atom. The molecule has 1 aromatic carbocycles. The Balaban J connectivity index is 2.49. The predicted molar refractivity (Wildman–Crippen MR) is 76.1 cm³/mol. The van der Waals surface area contributed by atoms with Crippen LogP contribution >= 0.6 is 11.3 Å². The molecule has 1 aromatic heterocycles. The Hall–Kier alpha value is -1.15. The highest BCUT2D eigenvalue weighted by Crippen LogP contribution is 2.23. The van der Waals surface area contributed by atoms with Gasteiger partial charge in [-0.1, -0.05) is 49.3 Å². The van der Waals surface area contributed by atoms with Crippen molar-refractivity contribution in [1.29, 1.82) is 0 Å². The molecule has 0 saturated heterocycles. The second-order valence-corrected chi connectivity index (χ2v) is 5.61. The topological polar surface area (TPSA) is 17.1 Å². The first-order valence-corrected chi connectivity index (χ1v) is 7.07. The van der Waals surface area contributed by atoms with E-state index in [1.54, 1.807) is 0 Å². The van der Waals surface area contributed by atoms with E-state index in [4.69, 9.17) is 0 Å². The Bertz CT molecular complexity index is 569. The van der Waals surface area contributed by atoms with Crippen molar-refractivity contribution in [3.8, 4) is 0 Å². The summed E-state index contributed by atoms with van der Waals surface area (Å²) in [5, 5.41) is 2.04. The zero-order valence-corrected chi connectivity index (χ0v) is 11.3. The van der Waals surface area contributed by atoms with Crippen LogP contribution in [0.15, 0.2) is 29.1 Å². The van der Waals surface area contributed by atoms with Gasteiger partial charge in [-0.2, -0.15) is 0 Å². The van der Waals surface area contributed by atoms with Crippen molar-refractivity contribution >= 4 is 22.1 Å². The zero-order valence-electron chi connectivity index (χ0n) is 10.5. The maximum atomic E-state index is 11.9. The first-order valence-electron chi connectivity index (χ1n) is 6.25. The molecule has 90 valence electrons. The summed E-state index contributed by atoms with van der Waals surface area (Å²) < 4.78 is 0.192. The van der Waals surface area contributed by atoms with Crippen molar-refractivity contribution in [2.75, 3.05) is 0 Å². The van der Waals surface area contributed by atoms with Gasteiger partial charge >= 0.3 is 0 Å². The van der Waals surface area contributed by atoms with E-state index in [2.05, 4.69) is 19.9 Å². The molecule has 0 saturated carbocycles. The molecule has 0 N–H and O–H groups in total. The lowest BCUT2D eigenvalue weighted by Crippen LogP contribution is -2.01. The van der Waals surface area contributed by atoms with E-state index in [0.717, 1.165) is 17.2 Å². The number of fused-ring (bicyclic) bond motifs is 1. The molecule has 2 heteroatoms. The molecule has 0 aliphatic carbocycles. The van der Waals surface area contributed by atoms with Gasteiger partial charge in [-0.25, -0.2) is 0 Å². The second kappa shape index (κ2) is 5.46. The van der Waals surface area contributed by atoms with Crippen LogP contribution in [-0.4, -0.2) is 0 Å². The van der Waals surface area contributed by atoms with Gasteiger partial charge < -0.3 is 0 Å². The third kappa shape index (κ3) is 2.58. The molecule has 1 nitrogen and oxygen atoms in total. The minimum absolute atomic E-state index is 0.192. The van der Waals surface area contributed by atoms with Crippen LogP contribution in [0.1, 0.15) is 36.6 Å². The standard InChI is InChI=1S/C15H18OS/c1-3-4-5-8-12-11(2)17-15(16)14-10-7-6-9-13(12)14/h6-7,9-10H,3-5,8H2,1-2H3. The summed E-state index contributed by atoms with van der Waals surface area (Å²) in [6, 6.07) is 7.99. The third-order valence-electron chi connectivity index (χ3n) is 3.17. The fourth-order valence-electron chi connectivity index (χ4n) is 2.23.